The van der Waals surface area contributed by atoms with E-state index in [1.807, 2.05) is 24.3 Å². The van der Waals surface area contributed by atoms with Crippen molar-refractivity contribution in [3.63, 3.8) is 0 Å². The van der Waals surface area contributed by atoms with Crippen LogP contribution in [0.5, 0.6) is 0 Å². The molecule has 2 atom stereocenters. The van der Waals surface area contributed by atoms with E-state index in [2.05, 4.69) is 20.8 Å². The number of carbonyl (C=O) groups excluding carboxylic acids is 1. The van der Waals surface area contributed by atoms with Crippen LogP contribution >= 0.6 is 15.9 Å². The van der Waals surface area contributed by atoms with Crippen LogP contribution in [0.15, 0.2) is 28.7 Å². The Morgan fingerprint density at radius 3 is 2.50 bits per heavy atom. The van der Waals surface area contributed by atoms with Gasteiger partial charge in [0.2, 0.25) is 5.91 Å². The molecule has 0 saturated carbocycles. The zero-order valence-electron chi connectivity index (χ0n) is 12.8. The van der Waals surface area contributed by atoms with Crippen molar-refractivity contribution in [2.24, 2.45) is 0 Å². The predicted octanol–water partition coefficient (Wildman–Crippen LogP) is 2.52. The zero-order valence-corrected chi connectivity index (χ0v) is 14.4. The van der Waals surface area contributed by atoms with Gasteiger partial charge < -0.3 is 10.0 Å². The van der Waals surface area contributed by atoms with Crippen molar-refractivity contribution >= 4 is 27.8 Å². The van der Waals surface area contributed by atoms with Crippen molar-refractivity contribution in [1.82, 2.24) is 9.80 Å². The third kappa shape index (κ3) is 3.67. The number of carboxylic acids is 1. The Bertz CT molecular complexity index is 558. The van der Waals surface area contributed by atoms with Gasteiger partial charge in [-0.25, -0.2) is 4.79 Å². The van der Waals surface area contributed by atoms with Crippen molar-refractivity contribution in [2.75, 3.05) is 20.1 Å². The minimum atomic E-state index is -0.995. The smallest absolute Gasteiger partial charge is 0.326 e. The van der Waals surface area contributed by atoms with Gasteiger partial charge in [-0.2, -0.15) is 0 Å². The van der Waals surface area contributed by atoms with Gasteiger partial charge in [-0.15, -0.1) is 0 Å². The van der Waals surface area contributed by atoms with Crippen molar-refractivity contribution in [3.8, 4) is 0 Å². The van der Waals surface area contributed by atoms with Crippen molar-refractivity contribution < 1.29 is 14.7 Å². The molecule has 5 nitrogen and oxygen atoms in total. The average Bonchev–Trinajstić information content (AvgIpc) is 2.99. The summed E-state index contributed by atoms with van der Waals surface area (Å²) in [6.45, 7) is 3.25. The number of carboxylic acid groups (broad SMARTS) is 1. The highest BCUT2D eigenvalue weighted by atomic mass is 79.9. The number of hydrogen-bond acceptors (Lipinski definition) is 3. The van der Waals surface area contributed by atoms with Crippen LogP contribution in [0, 0.1) is 0 Å². The van der Waals surface area contributed by atoms with Gasteiger partial charge in [-0.3, -0.25) is 9.69 Å². The molecule has 1 aromatic rings. The molecular formula is C16H21BrN2O3. The number of likely N-dealkylation sites (tertiary alicyclic amines) is 1. The van der Waals surface area contributed by atoms with Crippen LogP contribution in [0.1, 0.15) is 31.4 Å². The Morgan fingerprint density at radius 1 is 1.32 bits per heavy atom. The fourth-order valence-electron chi connectivity index (χ4n) is 2.74. The van der Waals surface area contributed by atoms with E-state index < -0.39 is 18.1 Å². The summed E-state index contributed by atoms with van der Waals surface area (Å²) >= 11 is 3.44. The Morgan fingerprint density at radius 2 is 1.95 bits per heavy atom. The van der Waals surface area contributed by atoms with Crippen molar-refractivity contribution in [3.05, 3.63) is 34.3 Å². The normalized spacial score (nSPS) is 18.0. The van der Waals surface area contributed by atoms with E-state index in [1.54, 1.807) is 7.05 Å². The summed E-state index contributed by atoms with van der Waals surface area (Å²) in [7, 11) is 1.56. The SMILES string of the molecule is C[C@@H](C(=O)O)N(C)C(=O)[C@@H](c1cccc(Br)c1)N1CCCC1. The van der Waals surface area contributed by atoms with Crippen LogP contribution in [0.25, 0.3) is 0 Å². The lowest BCUT2D eigenvalue weighted by Gasteiger charge is -2.32. The predicted molar refractivity (Wildman–Crippen MR) is 87.6 cm³/mol. The van der Waals surface area contributed by atoms with E-state index in [0.29, 0.717) is 0 Å². The summed E-state index contributed by atoms with van der Waals surface area (Å²) in [4.78, 5) is 27.5. The lowest BCUT2D eigenvalue weighted by Crippen LogP contribution is -2.46. The Kier molecular flexibility index (Phi) is 5.58. The van der Waals surface area contributed by atoms with Gasteiger partial charge in [0.1, 0.15) is 12.1 Å². The molecule has 1 fully saturated rings. The van der Waals surface area contributed by atoms with Crippen LogP contribution < -0.4 is 0 Å². The summed E-state index contributed by atoms with van der Waals surface area (Å²) in [6, 6.07) is 6.40. The standard InChI is InChI=1S/C16H21BrN2O3/c1-11(16(21)22)18(2)15(20)14(19-8-3-4-9-19)12-6-5-7-13(17)10-12/h5-7,10-11,14H,3-4,8-9H2,1-2H3,(H,21,22)/t11-,14+/m0/s1. The molecule has 1 N–H and O–H groups in total. The summed E-state index contributed by atoms with van der Waals surface area (Å²) in [5.74, 6) is -1.17. The number of carbonyl (C=O) groups is 2. The first-order valence-electron chi connectivity index (χ1n) is 7.41. The molecular weight excluding hydrogens is 348 g/mol. The van der Waals surface area contributed by atoms with E-state index in [-0.39, 0.29) is 5.91 Å². The van der Waals surface area contributed by atoms with E-state index in [9.17, 15) is 9.59 Å². The lowest BCUT2D eigenvalue weighted by molar-refractivity contribution is -0.150. The summed E-state index contributed by atoms with van der Waals surface area (Å²) < 4.78 is 0.913. The van der Waals surface area contributed by atoms with Gasteiger partial charge >= 0.3 is 5.97 Å². The molecule has 0 unspecified atom stereocenters. The Balaban J connectivity index is 2.32. The Hall–Kier alpha value is -1.40. The zero-order chi connectivity index (χ0) is 16.3. The van der Waals surface area contributed by atoms with E-state index >= 15 is 0 Å². The maximum absolute atomic E-state index is 12.9. The molecule has 1 heterocycles. The van der Waals surface area contributed by atoms with Gasteiger partial charge in [0.15, 0.2) is 0 Å². The minimum absolute atomic E-state index is 0.171. The van der Waals surface area contributed by atoms with Gasteiger partial charge in [0.05, 0.1) is 0 Å². The van der Waals surface area contributed by atoms with Crippen LogP contribution in [-0.4, -0.2) is 53.0 Å². The molecule has 1 amide bonds. The number of aliphatic carboxylic acids is 1. The number of rotatable bonds is 5. The second-order valence-corrected chi connectivity index (χ2v) is 6.58. The summed E-state index contributed by atoms with van der Waals surface area (Å²) in [5, 5.41) is 9.15. The fraction of sp³-hybridized carbons (Fsp3) is 0.500. The highest BCUT2D eigenvalue weighted by molar-refractivity contribution is 9.10. The summed E-state index contributed by atoms with van der Waals surface area (Å²) in [6.07, 6.45) is 2.13. The molecule has 2 rings (SSSR count). The molecule has 120 valence electrons. The number of likely N-dealkylation sites (N-methyl/N-ethyl adjacent to an activating group) is 1. The molecule has 0 spiro atoms. The molecule has 22 heavy (non-hydrogen) atoms. The van der Waals surface area contributed by atoms with Crippen LogP contribution in [0.4, 0.5) is 0 Å². The number of benzene rings is 1. The van der Waals surface area contributed by atoms with Crippen LogP contribution in [-0.2, 0) is 9.59 Å². The first kappa shape index (κ1) is 17.0. The maximum atomic E-state index is 12.9. The number of halogens is 1. The fourth-order valence-corrected chi connectivity index (χ4v) is 3.15. The highest BCUT2D eigenvalue weighted by Gasteiger charge is 2.34. The first-order chi connectivity index (χ1) is 10.4. The van der Waals surface area contributed by atoms with Crippen LogP contribution in [0.2, 0.25) is 0 Å². The van der Waals surface area contributed by atoms with E-state index in [1.165, 1.54) is 11.8 Å². The van der Waals surface area contributed by atoms with Gasteiger partial charge in [-0.1, -0.05) is 28.1 Å². The minimum Gasteiger partial charge on any atom is -0.480 e. The van der Waals surface area contributed by atoms with E-state index in [4.69, 9.17) is 5.11 Å². The molecule has 1 aliphatic heterocycles. The number of amides is 1. The van der Waals surface area contributed by atoms with Crippen molar-refractivity contribution in [1.29, 1.82) is 0 Å². The average molecular weight is 369 g/mol. The summed E-state index contributed by atoms with van der Waals surface area (Å²) in [5.41, 5.74) is 0.894. The second-order valence-electron chi connectivity index (χ2n) is 5.66. The van der Waals surface area contributed by atoms with Crippen LogP contribution in [0.3, 0.4) is 0 Å². The molecule has 1 saturated heterocycles. The molecule has 0 bridgehead atoms. The lowest BCUT2D eigenvalue weighted by atomic mass is 10.0. The third-order valence-corrected chi connectivity index (χ3v) is 4.68. The van der Waals surface area contributed by atoms with Crippen molar-refractivity contribution in [2.45, 2.75) is 31.8 Å². The molecule has 1 aliphatic rings. The Labute approximate surface area is 139 Å². The molecule has 0 aliphatic carbocycles. The largest absolute Gasteiger partial charge is 0.480 e. The van der Waals surface area contributed by atoms with Gasteiger partial charge in [0, 0.05) is 11.5 Å². The van der Waals surface area contributed by atoms with Gasteiger partial charge in [0.25, 0.3) is 0 Å². The molecule has 6 heteroatoms. The number of nitrogens with zero attached hydrogens (tertiary/aromatic N) is 2. The van der Waals surface area contributed by atoms with E-state index in [0.717, 1.165) is 36.0 Å². The monoisotopic (exact) mass is 368 g/mol. The topological polar surface area (TPSA) is 60.9 Å². The first-order valence-corrected chi connectivity index (χ1v) is 8.20. The second kappa shape index (κ2) is 7.24. The third-order valence-electron chi connectivity index (χ3n) is 4.19. The van der Waals surface area contributed by atoms with Gasteiger partial charge in [-0.05, 0) is 50.6 Å². The molecule has 0 aromatic heterocycles. The molecule has 1 aromatic carbocycles. The highest BCUT2D eigenvalue weighted by Crippen LogP contribution is 2.29. The molecule has 0 radical (unpaired) electrons. The quantitative estimate of drug-likeness (QED) is 0.867. The number of hydrogen-bond donors (Lipinski definition) is 1. The maximum Gasteiger partial charge on any atom is 0.326 e.